The van der Waals surface area contributed by atoms with Crippen molar-refractivity contribution in [3.05, 3.63) is 57.8 Å². The predicted molar refractivity (Wildman–Crippen MR) is 80.8 cm³/mol. The van der Waals surface area contributed by atoms with Gasteiger partial charge < -0.3 is 0 Å². The van der Waals surface area contributed by atoms with Gasteiger partial charge in [-0.05, 0) is 50.0 Å². The van der Waals surface area contributed by atoms with Gasteiger partial charge in [0, 0.05) is 16.5 Å². The zero-order chi connectivity index (χ0) is 15.4. The molecule has 0 saturated carbocycles. The maximum absolute atomic E-state index is 13.1. The molecule has 21 heavy (non-hydrogen) atoms. The second-order valence-corrected chi connectivity index (χ2v) is 6.13. The van der Waals surface area contributed by atoms with E-state index in [4.69, 9.17) is 0 Å². The predicted octanol–water partition coefficient (Wildman–Crippen LogP) is 3.77. The second-order valence-electron chi connectivity index (χ2n) is 5.10. The molecule has 2 aromatic rings. The average molecular weight is 309 g/mol. The highest BCUT2D eigenvalue weighted by Crippen LogP contribution is 2.14. The number of hydrogen-bond donors (Lipinski definition) is 0. The first-order valence-electron chi connectivity index (χ1n) is 6.68. The molecule has 1 atom stereocenters. The van der Waals surface area contributed by atoms with Gasteiger partial charge >= 0.3 is 0 Å². The molecule has 112 valence electrons. The minimum Gasteiger partial charge on any atom is -0.296 e. The Morgan fingerprint density at radius 3 is 2.67 bits per heavy atom. The standard InChI is InChI=1S/C16H17F2NOS/c1-11(8-13-4-3-7-21-13)19(2)10-16(20)12-5-6-14(17)15(18)9-12/h3-7,9,11H,8,10H2,1-2H3. The van der Waals surface area contributed by atoms with Gasteiger partial charge in [0.15, 0.2) is 17.4 Å². The fourth-order valence-electron chi connectivity index (χ4n) is 2.02. The molecule has 0 radical (unpaired) electrons. The molecule has 0 N–H and O–H groups in total. The van der Waals surface area contributed by atoms with Crippen molar-refractivity contribution in [3.63, 3.8) is 0 Å². The Bertz CT molecular complexity index is 613. The topological polar surface area (TPSA) is 20.3 Å². The molecule has 1 aromatic carbocycles. The van der Waals surface area contributed by atoms with Crippen LogP contribution in [0.5, 0.6) is 0 Å². The minimum absolute atomic E-state index is 0.178. The Morgan fingerprint density at radius 1 is 1.29 bits per heavy atom. The van der Waals surface area contributed by atoms with Crippen LogP contribution in [0.3, 0.4) is 0 Å². The number of ketones is 1. The SMILES string of the molecule is CC(Cc1cccs1)N(C)CC(=O)c1ccc(F)c(F)c1. The van der Waals surface area contributed by atoms with Crippen molar-refractivity contribution in [3.8, 4) is 0 Å². The summed E-state index contributed by atoms with van der Waals surface area (Å²) >= 11 is 1.68. The van der Waals surface area contributed by atoms with Crippen molar-refractivity contribution in [2.45, 2.75) is 19.4 Å². The maximum atomic E-state index is 13.1. The normalized spacial score (nSPS) is 12.6. The molecule has 5 heteroatoms. The molecule has 0 aliphatic carbocycles. The van der Waals surface area contributed by atoms with Crippen molar-refractivity contribution in [2.24, 2.45) is 0 Å². The first-order valence-corrected chi connectivity index (χ1v) is 7.56. The minimum atomic E-state index is -0.991. The molecule has 1 unspecified atom stereocenters. The van der Waals surface area contributed by atoms with Crippen LogP contribution < -0.4 is 0 Å². The van der Waals surface area contributed by atoms with Gasteiger partial charge in [0.1, 0.15) is 0 Å². The van der Waals surface area contributed by atoms with Gasteiger partial charge in [0.2, 0.25) is 0 Å². The lowest BCUT2D eigenvalue weighted by Gasteiger charge is -2.23. The Labute approximate surface area is 127 Å². The zero-order valence-corrected chi connectivity index (χ0v) is 12.8. The largest absolute Gasteiger partial charge is 0.296 e. The highest BCUT2D eigenvalue weighted by Gasteiger charge is 2.16. The Hall–Kier alpha value is -1.59. The van der Waals surface area contributed by atoms with Crippen LogP contribution in [0, 0.1) is 11.6 Å². The zero-order valence-electron chi connectivity index (χ0n) is 12.0. The fraction of sp³-hybridized carbons (Fsp3) is 0.312. The van der Waals surface area contributed by atoms with Gasteiger partial charge in [0.25, 0.3) is 0 Å². The number of rotatable bonds is 6. The molecular formula is C16H17F2NOS. The lowest BCUT2D eigenvalue weighted by molar-refractivity contribution is 0.0924. The average Bonchev–Trinajstić information content (AvgIpc) is 2.94. The third kappa shape index (κ3) is 4.19. The molecule has 1 aromatic heterocycles. The second kappa shape index (κ2) is 6.91. The number of thiophene rings is 1. The number of nitrogens with zero attached hydrogens (tertiary/aromatic N) is 1. The van der Waals surface area contributed by atoms with Gasteiger partial charge in [-0.2, -0.15) is 0 Å². The molecular weight excluding hydrogens is 292 g/mol. The molecule has 0 aliphatic rings. The van der Waals surface area contributed by atoms with Crippen LogP contribution in [-0.2, 0) is 6.42 Å². The summed E-state index contributed by atoms with van der Waals surface area (Å²) < 4.78 is 26.0. The molecule has 2 nitrogen and oxygen atoms in total. The molecule has 1 heterocycles. The van der Waals surface area contributed by atoms with Gasteiger partial charge in [-0.1, -0.05) is 6.07 Å². The van der Waals surface area contributed by atoms with Crippen molar-refractivity contribution < 1.29 is 13.6 Å². The fourth-order valence-corrected chi connectivity index (χ4v) is 2.85. The van der Waals surface area contributed by atoms with Crippen molar-refractivity contribution in [2.75, 3.05) is 13.6 Å². The third-order valence-corrected chi connectivity index (χ3v) is 4.36. The Morgan fingerprint density at radius 2 is 2.05 bits per heavy atom. The number of carbonyl (C=O) groups is 1. The summed E-state index contributed by atoms with van der Waals surface area (Å²) in [4.78, 5) is 15.3. The smallest absolute Gasteiger partial charge is 0.176 e. The van der Waals surface area contributed by atoms with Crippen LogP contribution in [0.1, 0.15) is 22.2 Å². The van der Waals surface area contributed by atoms with Crippen molar-refractivity contribution in [1.29, 1.82) is 0 Å². The van der Waals surface area contributed by atoms with Gasteiger partial charge in [-0.25, -0.2) is 8.78 Å². The van der Waals surface area contributed by atoms with E-state index in [1.54, 1.807) is 11.3 Å². The Kier molecular flexibility index (Phi) is 5.20. The van der Waals surface area contributed by atoms with E-state index in [2.05, 4.69) is 6.07 Å². The molecule has 0 aliphatic heterocycles. The van der Waals surface area contributed by atoms with E-state index in [1.807, 2.05) is 30.3 Å². The van der Waals surface area contributed by atoms with E-state index in [0.29, 0.717) is 0 Å². The van der Waals surface area contributed by atoms with Crippen molar-refractivity contribution >= 4 is 17.1 Å². The number of halogens is 2. The maximum Gasteiger partial charge on any atom is 0.176 e. The summed E-state index contributed by atoms with van der Waals surface area (Å²) in [6, 6.07) is 7.51. The first-order chi connectivity index (χ1) is 9.97. The van der Waals surface area contributed by atoms with Crippen LogP contribution in [0.2, 0.25) is 0 Å². The summed E-state index contributed by atoms with van der Waals surface area (Å²) in [5.74, 6) is -2.14. The molecule has 0 fully saturated rings. The van der Waals surface area contributed by atoms with E-state index in [-0.39, 0.29) is 23.9 Å². The van der Waals surface area contributed by atoms with E-state index in [0.717, 1.165) is 18.6 Å². The van der Waals surface area contributed by atoms with Crippen molar-refractivity contribution in [1.82, 2.24) is 4.90 Å². The van der Waals surface area contributed by atoms with E-state index < -0.39 is 11.6 Å². The molecule has 2 rings (SSSR count). The molecule has 0 amide bonds. The monoisotopic (exact) mass is 309 g/mol. The van der Waals surface area contributed by atoms with Gasteiger partial charge in [-0.15, -0.1) is 11.3 Å². The van der Waals surface area contributed by atoms with Crippen LogP contribution in [0.25, 0.3) is 0 Å². The first kappa shape index (κ1) is 15.8. The summed E-state index contributed by atoms with van der Waals surface area (Å²) in [5.41, 5.74) is 0.198. The molecule has 0 spiro atoms. The summed E-state index contributed by atoms with van der Waals surface area (Å²) in [6.07, 6.45) is 0.860. The number of benzene rings is 1. The number of hydrogen-bond acceptors (Lipinski definition) is 3. The van der Waals surface area contributed by atoms with Crippen LogP contribution >= 0.6 is 11.3 Å². The van der Waals surface area contributed by atoms with Gasteiger partial charge in [-0.3, -0.25) is 9.69 Å². The van der Waals surface area contributed by atoms with E-state index in [9.17, 15) is 13.6 Å². The van der Waals surface area contributed by atoms with E-state index in [1.165, 1.54) is 10.9 Å². The molecule has 0 saturated heterocycles. The summed E-state index contributed by atoms with van der Waals surface area (Å²) in [7, 11) is 1.86. The number of likely N-dealkylation sites (N-methyl/N-ethyl adjacent to an activating group) is 1. The summed E-state index contributed by atoms with van der Waals surface area (Å²) in [6.45, 7) is 2.22. The molecule has 0 bridgehead atoms. The van der Waals surface area contributed by atoms with Crippen LogP contribution in [-0.4, -0.2) is 30.3 Å². The Balaban J connectivity index is 1.96. The number of carbonyl (C=O) groups excluding carboxylic acids is 1. The lowest BCUT2D eigenvalue weighted by Crippen LogP contribution is -2.35. The summed E-state index contributed by atoms with van der Waals surface area (Å²) in [5, 5.41) is 2.02. The van der Waals surface area contributed by atoms with E-state index >= 15 is 0 Å². The highest BCUT2D eigenvalue weighted by molar-refractivity contribution is 7.09. The lowest BCUT2D eigenvalue weighted by atomic mass is 10.1. The van der Waals surface area contributed by atoms with Gasteiger partial charge in [0.05, 0.1) is 6.54 Å². The van der Waals surface area contributed by atoms with Crippen LogP contribution in [0.15, 0.2) is 35.7 Å². The third-order valence-electron chi connectivity index (χ3n) is 3.46. The highest BCUT2D eigenvalue weighted by atomic mass is 32.1. The quantitative estimate of drug-likeness (QED) is 0.757. The number of Topliss-reactive ketones (excluding diaryl/α,β-unsaturated/α-hetero) is 1. The van der Waals surface area contributed by atoms with Crippen LogP contribution in [0.4, 0.5) is 8.78 Å².